The van der Waals surface area contributed by atoms with Crippen molar-refractivity contribution in [3.8, 4) is 0 Å². The molecular weight excluding hydrogens is 212 g/mol. The van der Waals surface area contributed by atoms with Gasteiger partial charge in [0.1, 0.15) is 0 Å². The maximum atomic E-state index is 9.84. The minimum Gasteiger partial charge on any atom is -0.393 e. The predicted molar refractivity (Wildman–Crippen MR) is 67.8 cm³/mol. The minimum absolute atomic E-state index is 0.0175. The number of hydrogen-bond donors (Lipinski definition) is 1. The number of aliphatic hydroxyl groups is 1. The highest BCUT2D eigenvalue weighted by atomic mass is 16.5. The molecule has 3 atom stereocenters. The van der Waals surface area contributed by atoms with E-state index in [1.165, 1.54) is 51.4 Å². The molecule has 0 bridgehead atoms. The van der Waals surface area contributed by atoms with E-state index in [0.29, 0.717) is 0 Å². The van der Waals surface area contributed by atoms with Crippen molar-refractivity contribution in [1.82, 2.24) is 0 Å². The molecule has 2 nitrogen and oxygen atoms in total. The number of rotatable bonds is 1. The molecule has 0 aromatic carbocycles. The summed E-state index contributed by atoms with van der Waals surface area (Å²) in [5.74, 6) is 1.61. The van der Waals surface area contributed by atoms with Crippen molar-refractivity contribution in [1.29, 1.82) is 0 Å². The lowest BCUT2D eigenvalue weighted by Gasteiger charge is -2.43. The lowest BCUT2D eigenvalue weighted by atomic mass is 9.71. The van der Waals surface area contributed by atoms with Crippen LogP contribution in [0.1, 0.15) is 64.2 Å². The van der Waals surface area contributed by atoms with Gasteiger partial charge in [0, 0.05) is 6.61 Å². The average molecular weight is 238 g/mol. The molecule has 0 aromatic rings. The van der Waals surface area contributed by atoms with Gasteiger partial charge in [-0.25, -0.2) is 0 Å². The summed E-state index contributed by atoms with van der Waals surface area (Å²) in [7, 11) is 0. The molecule has 98 valence electrons. The Hall–Kier alpha value is -0.0800. The van der Waals surface area contributed by atoms with Gasteiger partial charge in [0.2, 0.25) is 0 Å². The number of ether oxygens (including phenoxy) is 1. The van der Waals surface area contributed by atoms with E-state index in [0.717, 1.165) is 31.3 Å². The van der Waals surface area contributed by atoms with E-state index in [9.17, 15) is 5.11 Å². The fraction of sp³-hybridized carbons (Fsp3) is 1.00. The van der Waals surface area contributed by atoms with Gasteiger partial charge >= 0.3 is 0 Å². The lowest BCUT2D eigenvalue weighted by molar-refractivity contribution is -0.107. The van der Waals surface area contributed by atoms with Gasteiger partial charge < -0.3 is 9.84 Å². The van der Waals surface area contributed by atoms with Crippen LogP contribution in [-0.4, -0.2) is 23.4 Å². The highest BCUT2D eigenvalue weighted by molar-refractivity contribution is 4.93. The number of hydrogen-bond acceptors (Lipinski definition) is 2. The molecule has 0 radical (unpaired) electrons. The Kier molecular flexibility index (Phi) is 3.45. The Balaban J connectivity index is 1.62. The van der Waals surface area contributed by atoms with Crippen LogP contribution in [0.4, 0.5) is 0 Å². The smallest absolute Gasteiger partial charge is 0.0685 e. The first kappa shape index (κ1) is 12.0. The van der Waals surface area contributed by atoms with Crippen molar-refractivity contribution in [2.45, 2.75) is 75.9 Å². The second kappa shape index (κ2) is 4.89. The molecule has 3 unspecified atom stereocenters. The third-order valence-corrected chi connectivity index (χ3v) is 5.40. The third kappa shape index (κ3) is 2.53. The zero-order valence-corrected chi connectivity index (χ0v) is 10.9. The van der Waals surface area contributed by atoms with E-state index >= 15 is 0 Å². The van der Waals surface area contributed by atoms with Crippen LogP contribution in [-0.2, 0) is 4.74 Å². The van der Waals surface area contributed by atoms with Gasteiger partial charge in [0.25, 0.3) is 0 Å². The standard InChI is InChI=1S/C15H26O2/c16-14-5-3-4-12(10-14)13-6-9-17-15(11-13)7-1-2-8-15/h12-14,16H,1-11H2. The van der Waals surface area contributed by atoms with Crippen molar-refractivity contribution in [3.63, 3.8) is 0 Å². The van der Waals surface area contributed by atoms with Gasteiger partial charge in [0.05, 0.1) is 11.7 Å². The summed E-state index contributed by atoms with van der Waals surface area (Å²) in [4.78, 5) is 0. The van der Waals surface area contributed by atoms with Crippen LogP contribution >= 0.6 is 0 Å². The molecule has 1 saturated heterocycles. The Morgan fingerprint density at radius 3 is 2.53 bits per heavy atom. The predicted octanol–water partition coefficient (Wildman–Crippen LogP) is 3.28. The van der Waals surface area contributed by atoms with Crippen molar-refractivity contribution in [2.75, 3.05) is 6.61 Å². The monoisotopic (exact) mass is 238 g/mol. The van der Waals surface area contributed by atoms with Gasteiger partial charge in [-0.3, -0.25) is 0 Å². The van der Waals surface area contributed by atoms with Crippen LogP contribution in [0.15, 0.2) is 0 Å². The van der Waals surface area contributed by atoms with Crippen LogP contribution < -0.4 is 0 Å². The van der Waals surface area contributed by atoms with Gasteiger partial charge in [-0.05, 0) is 56.8 Å². The third-order valence-electron chi connectivity index (χ3n) is 5.40. The van der Waals surface area contributed by atoms with Crippen molar-refractivity contribution >= 4 is 0 Å². The summed E-state index contributed by atoms with van der Waals surface area (Å²) in [6, 6.07) is 0. The molecule has 1 heterocycles. The summed E-state index contributed by atoms with van der Waals surface area (Å²) in [6.45, 7) is 0.970. The van der Waals surface area contributed by atoms with E-state index < -0.39 is 0 Å². The first-order valence-electron chi connectivity index (χ1n) is 7.59. The van der Waals surface area contributed by atoms with E-state index in [1.807, 2.05) is 0 Å². The van der Waals surface area contributed by atoms with Crippen LogP contribution in [0.25, 0.3) is 0 Å². The molecule has 1 spiro atoms. The Morgan fingerprint density at radius 1 is 0.941 bits per heavy atom. The first-order valence-corrected chi connectivity index (χ1v) is 7.59. The first-order chi connectivity index (χ1) is 8.27. The highest BCUT2D eigenvalue weighted by Crippen LogP contribution is 2.46. The van der Waals surface area contributed by atoms with E-state index in [-0.39, 0.29) is 11.7 Å². The molecule has 0 amide bonds. The van der Waals surface area contributed by atoms with Gasteiger partial charge in [-0.1, -0.05) is 19.3 Å². The normalized spacial score (nSPS) is 41.8. The van der Waals surface area contributed by atoms with E-state index in [2.05, 4.69) is 0 Å². The maximum absolute atomic E-state index is 9.84. The summed E-state index contributed by atoms with van der Waals surface area (Å²) < 4.78 is 6.11. The van der Waals surface area contributed by atoms with Gasteiger partial charge in [-0.15, -0.1) is 0 Å². The second-order valence-electron chi connectivity index (χ2n) is 6.57. The van der Waals surface area contributed by atoms with Crippen molar-refractivity contribution in [2.24, 2.45) is 11.8 Å². The molecular formula is C15H26O2. The fourth-order valence-electron chi connectivity index (χ4n) is 4.46. The van der Waals surface area contributed by atoms with E-state index in [4.69, 9.17) is 4.74 Å². The van der Waals surface area contributed by atoms with Crippen LogP contribution in [0, 0.1) is 11.8 Å². The summed E-state index contributed by atoms with van der Waals surface area (Å²) in [6.07, 6.45) is 12.5. The van der Waals surface area contributed by atoms with Crippen LogP contribution in [0.2, 0.25) is 0 Å². The lowest BCUT2D eigenvalue weighted by Crippen LogP contribution is -2.40. The zero-order valence-electron chi connectivity index (χ0n) is 10.9. The molecule has 3 aliphatic rings. The topological polar surface area (TPSA) is 29.5 Å². The minimum atomic E-state index is -0.0175. The maximum Gasteiger partial charge on any atom is 0.0685 e. The molecule has 3 rings (SSSR count). The number of aliphatic hydroxyl groups excluding tert-OH is 1. The van der Waals surface area contributed by atoms with Crippen molar-refractivity contribution < 1.29 is 9.84 Å². The van der Waals surface area contributed by atoms with Gasteiger partial charge in [-0.2, -0.15) is 0 Å². The molecule has 2 heteroatoms. The summed E-state index contributed by atoms with van der Waals surface area (Å²) in [5.41, 5.74) is 0.255. The van der Waals surface area contributed by atoms with Crippen LogP contribution in [0.3, 0.4) is 0 Å². The fourth-order valence-corrected chi connectivity index (χ4v) is 4.46. The summed E-state index contributed by atoms with van der Waals surface area (Å²) in [5, 5.41) is 9.84. The zero-order chi connectivity index (χ0) is 11.7. The highest BCUT2D eigenvalue weighted by Gasteiger charge is 2.42. The van der Waals surface area contributed by atoms with Gasteiger partial charge in [0.15, 0.2) is 0 Å². The molecule has 1 aliphatic heterocycles. The van der Waals surface area contributed by atoms with Crippen molar-refractivity contribution in [3.05, 3.63) is 0 Å². The van der Waals surface area contributed by atoms with Crippen LogP contribution in [0.5, 0.6) is 0 Å². The molecule has 1 N–H and O–H groups in total. The average Bonchev–Trinajstić information content (AvgIpc) is 2.77. The molecule has 2 aliphatic carbocycles. The Bertz CT molecular complexity index is 258. The molecule has 17 heavy (non-hydrogen) atoms. The molecule has 2 saturated carbocycles. The second-order valence-corrected chi connectivity index (χ2v) is 6.57. The summed E-state index contributed by atoms with van der Waals surface area (Å²) >= 11 is 0. The SMILES string of the molecule is OC1CCCC(C2CCOC3(CCCC3)C2)C1. The quantitative estimate of drug-likeness (QED) is 0.759. The molecule has 3 fully saturated rings. The molecule has 0 aromatic heterocycles. The van der Waals surface area contributed by atoms with E-state index in [1.54, 1.807) is 0 Å². The largest absolute Gasteiger partial charge is 0.393 e. The Labute approximate surface area is 105 Å². The Morgan fingerprint density at radius 2 is 1.76 bits per heavy atom.